The van der Waals surface area contributed by atoms with Gasteiger partial charge in [-0.1, -0.05) is 0 Å². The Morgan fingerprint density at radius 2 is 1.84 bits per heavy atom. The first-order valence-corrected chi connectivity index (χ1v) is 10.9. The number of carbonyl (C=O) groups excluding carboxylic acids is 2. The van der Waals surface area contributed by atoms with E-state index in [1.165, 1.54) is 0 Å². The molecule has 2 aromatic rings. The van der Waals surface area contributed by atoms with Crippen LogP contribution in [0.5, 0.6) is 11.5 Å². The van der Waals surface area contributed by atoms with Crippen LogP contribution in [0.2, 0.25) is 0 Å². The van der Waals surface area contributed by atoms with Crippen molar-refractivity contribution in [3.05, 3.63) is 35.7 Å². The second kappa shape index (κ2) is 8.13. The van der Waals surface area contributed by atoms with E-state index in [0.29, 0.717) is 49.2 Å². The number of urea groups is 1. The van der Waals surface area contributed by atoms with Gasteiger partial charge < -0.3 is 24.6 Å². The number of carbonyl (C=O) groups is 2. The van der Waals surface area contributed by atoms with E-state index in [-0.39, 0.29) is 17.9 Å². The number of fused-ring (bicyclic) bond motifs is 2. The van der Waals surface area contributed by atoms with Crippen molar-refractivity contribution in [2.75, 3.05) is 45.2 Å². The van der Waals surface area contributed by atoms with Crippen LogP contribution in [0.3, 0.4) is 0 Å². The Balaban J connectivity index is 1.20. The van der Waals surface area contributed by atoms with E-state index < -0.39 is 0 Å². The molecule has 1 fully saturated rings. The lowest BCUT2D eigenvalue weighted by Crippen LogP contribution is -2.40. The zero-order valence-corrected chi connectivity index (χ0v) is 17.7. The highest BCUT2D eigenvalue weighted by molar-refractivity contribution is 5.93. The van der Waals surface area contributed by atoms with E-state index in [2.05, 4.69) is 5.32 Å². The molecule has 1 saturated heterocycles. The molecule has 1 aromatic carbocycles. The predicted molar refractivity (Wildman–Crippen MR) is 114 cm³/mol. The molecule has 0 aliphatic carbocycles. The fraction of sp³-hybridized carbons (Fsp3) is 0.500. The fourth-order valence-electron chi connectivity index (χ4n) is 4.44. The lowest BCUT2D eigenvalue weighted by molar-refractivity contribution is 0.0796. The topological polar surface area (TPSA) is 88.9 Å². The van der Waals surface area contributed by atoms with Gasteiger partial charge in [0.15, 0.2) is 11.5 Å². The molecule has 0 spiro atoms. The first-order chi connectivity index (χ1) is 15.1. The van der Waals surface area contributed by atoms with Gasteiger partial charge in [0, 0.05) is 50.9 Å². The standard InChI is InChI=1S/C22H27N5O4/c1-25-7-2-8-27-18(21(25)28)14-17(24-27)15-5-9-26(10-6-15)22(29)23-16-3-4-19-20(13-16)31-12-11-30-19/h3-4,13-15H,2,5-12H2,1H3,(H,23,29). The van der Waals surface area contributed by atoms with Crippen molar-refractivity contribution >= 4 is 17.6 Å². The smallest absolute Gasteiger partial charge is 0.321 e. The zero-order valence-electron chi connectivity index (χ0n) is 17.7. The number of hydrogen-bond acceptors (Lipinski definition) is 5. The van der Waals surface area contributed by atoms with E-state index in [1.54, 1.807) is 11.0 Å². The maximum absolute atomic E-state index is 12.7. The third kappa shape index (κ3) is 3.92. The van der Waals surface area contributed by atoms with E-state index in [9.17, 15) is 9.59 Å². The number of benzene rings is 1. The summed E-state index contributed by atoms with van der Waals surface area (Å²) >= 11 is 0. The number of aryl methyl sites for hydroxylation is 1. The Bertz CT molecular complexity index is 996. The summed E-state index contributed by atoms with van der Waals surface area (Å²) < 4.78 is 13.0. The summed E-state index contributed by atoms with van der Waals surface area (Å²) in [6.07, 6.45) is 2.57. The van der Waals surface area contributed by atoms with Crippen LogP contribution < -0.4 is 14.8 Å². The molecule has 31 heavy (non-hydrogen) atoms. The van der Waals surface area contributed by atoms with Gasteiger partial charge in [0.1, 0.15) is 18.9 Å². The maximum Gasteiger partial charge on any atom is 0.321 e. The van der Waals surface area contributed by atoms with Gasteiger partial charge in [-0.3, -0.25) is 9.48 Å². The molecule has 9 heteroatoms. The number of nitrogens with zero attached hydrogens (tertiary/aromatic N) is 4. The number of amides is 3. The quantitative estimate of drug-likeness (QED) is 0.799. The fourth-order valence-corrected chi connectivity index (χ4v) is 4.44. The van der Waals surface area contributed by atoms with E-state index in [0.717, 1.165) is 38.0 Å². The van der Waals surface area contributed by atoms with Crippen molar-refractivity contribution in [3.8, 4) is 11.5 Å². The SMILES string of the molecule is CN1CCCn2nc(C3CCN(C(=O)Nc4ccc5c(c4)OCCO5)CC3)cc2C1=O. The molecule has 4 heterocycles. The van der Waals surface area contributed by atoms with Crippen molar-refractivity contribution in [3.63, 3.8) is 0 Å². The van der Waals surface area contributed by atoms with Crippen LogP contribution in [-0.4, -0.2) is 71.4 Å². The molecule has 5 rings (SSSR count). The van der Waals surface area contributed by atoms with Crippen LogP contribution in [0.1, 0.15) is 41.4 Å². The molecule has 3 aliphatic heterocycles. The highest BCUT2D eigenvalue weighted by Crippen LogP contribution is 2.33. The molecule has 3 aliphatic rings. The highest BCUT2D eigenvalue weighted by atomic mass is 16.6. The molecule has 1 N–H and O–H groups in total. The monoisotopic (exact) mass is 425 g/mol. The van der Waals surface area contributed by atoms with Gasteiger partial charge in [-0.2, -0.15) is 5.10 Å². The molecule has 164 valence electrons. The predicted octanol–water partition coefficient (Wildman–Crippen LogP) is 2.54. The number of piperidine rings is 1. The maximum atomic E-state index is 12.7. The minimum atomic E-state index is -0.118. The van der Waals surface area contributed by atoms with Gasteiger partial charge >= 0.3 is 6.03 Å². The molecule has 0 atom stereocenters. The highest BCUT2D eigenvalue weighted by Gasteiger charge is 2.29. The second-order valence-electron chi connectivity index (χ2n) is 8.31. The Kier molecular flexibility index (Phi) is 5.17. The van der Waals surface area contributed by atoms with Gasteiger partial charge in [-0.05, 0) is 37.5 Å². The van der Waals surface area contributed by atoms with Gasteiger partial charge in [-0.15, -0.1) is 0 Å². The van der Waals surface area contributed by atoms with Crippen molar-refractivity contribution in [2.24, 2.45) is 0 Å². The van der Waals surface area contributed by atoms with Crippen LogP contribution >= 0.6 is 0 Å². The number of anilines is 1. The molecule has 0 unspecified atom stereocenters. The summed E-state index contributed by atoms with van der Waals surface area (Å²) in [5.74, 6) is 1.65. The first kappa shape index (κ1) is 19.7. The molecular formula is C22H27N5O4. The van der Waals surface area contributed by atoms with Crippen LogP contribution in [0.4, 0.5) is 10.5 Å². The van der Waals surface area contributed by atoms with Crippen LogP contribution in [0, 0.1) is 0 Å². The van der Waals surface area contributed by atoms with Crippen molar-refractivity contribution in [1.29, 1.82) is 0 Å². The zero-order chi connectivity index (χ0) is 21.4. The lowest BCUT2D eigenvalue weighted by atomic mass is 9.93. The average Bonchev–Trinajstić information content (AvgIpc) is 3.17. The summed E-state index contributed by atoms with van der Waals surface area (Å²) in [5, 5.41) is 7.68. The van der Waals surface area contributed by atoms with E-state index >= 15 is 0 Å². The van der Waals surface area contributed by atoms with Crippen LogP contribution in [0.25, 0.3) is 0 Å². The minimum Gasteiger partial charge on any atom is -0.486 e. The Morgan fingerprint density at radius 1 is 1.06 bits per heavy atom. The molecular weight excluding hydrogens is 398 g/mol. The third-order valence-corrected chi connectivity index (χ3v) is 6.22. The van der Waals surface area contributed by atoms with Crippen molar-refractivity contribution in [1.82, 2.24) is 19.6 Å². The summed E-state index contributed by atoms with van der Waals surface area (Å²) in [6.45, 7) is 3.88. The Hall–Kier alpha value is -3.23. The molecule has 0 saturated carbocycles. The third-order valence-electron chi connectivity index (χ3n) is 6.22. The lowest BCUT2D eigenvalue weighted by Gasteiger charge is -2.31. The summed E-state index contributed by atoms with van der Waals surface area (Å²) in [6, 6.07) is 7.26. The molecule has 1 aromatic heterocycles. The normalized spacial score (nSPS) is 19.1. The number of likely N-dealkylation sites (tertiary alicyclic amines) is 1. The first-order valence-electron chi connectivity index (χ1n) is 10.9. The average molecular weight is 425 g/mol. The summed E-state index contributed by atoms with van der Waals surface area (Å²) in [7, 11) is 1.84. The molecule has 0 bridgehead atoms. The number of hydrogen-bond donors (Lipinski definition) is 1. The Labute approximate surface area is 180 Å². The van der Waals surface area contributed by atoms with Gasteiger partial charge in [0.2, 0.25) is 0 Å². The molecule has 3 amide bonds. The second-order valence-corrected chi connectivity index (χ2v) is 8.31. The van der Waals surface area contributed by atoms with Crippen LogP contribution in [0.15, 0.2) is 24.3 Å². The number of nitrogens with one attached hydrogen (secondary N) is 1. The van der Waals surface area contributed by atoms with Gasteiger partial charge in [0.05, 0.1) is 5.69 Å². The van der Waals surface area contributed by atoms with E-state index in [4.69, 9.17) is 14.6 Å². The molecule has 0 radical (unpaired) electrons. The molecule has 9 nitrogen and oxygen atoms in total. The van der Waals surface area contributed by atoms with Gasteiger partial charge in [-0.25, -0.2) is 4.79 Å². The summed E-state index contributed by atoms with van der Waals surface area (Å²) in [5.41, 5.74) is 2.33. The number of rotatable bonds is 2. The van der Waals surface area contributed by atoms with E-state index in [1.807, 2.05) is 34.8 Å². The minimum absolute atomic E-state index is 0.0347. The number of ether oxygens (including phenoxy) is 2. The Morgan fingerprint density at radius 3 is 2.65 bits per heavy atom. The summed E-state index contributed by atoms with van der Waals surface area (Å²) in [4.78, 5) is 28.8. The van der Waals surface area contributed by atoms with Crippen molar-refractivity contribution < 1.29 is 19.1 Å². The van der Waals surface area contributed by atoms with Gasteiger partial charge in [0.25, 0.3) is 5.91 Å². The largest absolute Gasteiger partial charge is 0.486 e. The van der Waals surface area contributed by atoms with Crippen molar-refractivity contribution in [2.45, 2.75) is 31.7 Å². The van der Waals surface area contributed by atoms with Crippen LogP contribution in [-0.2, 0) is 6.54 Å². The number of aromatic nitrogens is 2.